The monoisotopic (exact) mass is 369 g/mol. The van der Waals surface area contributed by atoms with Gasteiger partial charge in [0.25, 0.3) is 5.91 Å². The highest BCUT2D eigenvalue weighted by Gasteiger charge is 2.13. The zero-order chi connectivity index (χ0) is 19.9. The molecular formula is C23H31NO3. The molecule has 0 fully saturated rings. The van der Waals surface area contributed by atoms with Crippen LogP contribution in [0.2, 0.25) is 0 Å². The summed E-state index contributed by atoms with van der Waals surface area (Å²) in [5.74, 6) is 1.92. The van der Waals surface area contributed by atoms with E-state index in [2.05, 4.69) is 39.9 Å². The van der Waals surface area contributed by atoms with E-state index in [4.69, 9.17) is 9.47 Å². The van der Waals surface area contributed by atoms with Crippen molar-refractivity contribution in [3.05, 3.63) is 54.1 Å². The van der Waals surface area contributed by atoms with Crippen molar-refractivity contribution in [2.75, 3.05) is 18.5 Å². The normalized spacial score (nSPS) is 11.3. The third-order valence-corrected chi connectivity index (χ3v) is 4.19. The van der Waals surface area contributed by atoms with Crippen LogP contribution in [0, 0.1) is 5.92 Å². The standard InChI is InChI=1S/C23H31NO3/c1-17(2)14-15-26-20-12-8-19(9-13-20)24-22(25)16-27-21-10-6-18(7-11-21)23(3,4)5/h6-13,17H,14-16H2,1-5H3,(H,24,25). The van der Waals surface area contributed by atoms with Gasteiger partial charge < -0.3 is 14.8 Å². The summed E-state index contributed by atoms with van der Waals surface area (Å²) in [6.07, 6.45) is 1.02. The first-order valence-electron chi connectivity index (χ1n) is 9.50. The average Bonchev–Trinajstić information content (AvgIpc) is 2.61. The van der Waals surface area contributed by atoms with E-state index >= 15 is 0 Å². The molecule has 0 heterocycles. The van der Waals surface area contributed by atoms with Gasteiger partial charge in [-0.2, -0.15) is 0 Å². The summed E-state index contributed by atoms with van der Waals surface area (Å²) in [5, 5.41) is 2.83. The zero-order valence-electron chi connectivity index (χ0n) is 17.0. The number of carbonyl (C=O) groups is 1. The van der Waals surface area contributed by atoms with Crippen molar-refractivity contribution in [1.29, 1.82) is 0 Å². The van der Waals surface area contributed by atoms with E-state index in [1.54, 1.807) is 0 Å². The molecule has 146 valence electrons. The molecule has 0 aliphatic heterocycles. The fourth-order valence-corrected chi connectivity index (χ4v) is 2.44. The number of carbonyl (C=O) groups excluding carboxylic acids is 1. The summed E-state index contributed by atoms with van der Waals surface area (Å²) in [4.78, 5) is 12.1. The van der Waals surface area contributed by atoms with Gasteiger partial charge in [0.1, 0.15) is 11.5 Å². The second kappa shape index (κ2) is 9.45. The lowest BCUT2D eigenvalue weighted by atomic mass is 9.87. The molecule has 2 rings (SSSR count). The molecule has 0 aliphatic rings. The van der Waals surface area contributed by atoms with Gasteiger partial charge in [-0.3, -0.25) is 4.79 Å². The molecule has 4 nitrogen and oxygen atoms in total. The third-order valence-electron chi connectivity index (χ3n) is 4.19. The molecule has 1 N–H and O–H groups in total. The summed E-state index contributed by atoms with van der Waals surface area (Å²) >= 11 is 0. The summed E-state index contributed by atoms with van der Waals surface area (Å²) in [7, 11) is 0. The van der Waals surface area contributed by atoms with Gasteiger partial charge in [-0.05, 0) is 59.7 Å². The fraction of sp³-hybridized carbons (Fsp3) is 0.435. The number of nitrogens with one attached hydrogen (secondary N) is 1. The molecule has 0 atom stereocenters. The second-order valence-electron chi connectivity index (χ2n) is 8.17. The van der Waals surface area contributed by atoms with Crippen molar-refractivity contribution in [2.45, 2.75) is 46.5 Å². The lowest BCUT2D eigenvalue weighted by Gasteiger charge is -2.19. The van der Waals surface area contributed by atoms with E-state index in [-0.39, 0.29) is 17.9 Å². The van der Waals surface area contributed by atoms with Gasteiger partial charge in [0, 0.05) is 5.69 Å². The van der Waals surface area contributed by atoms with Crippen LogP contribution in [0.1, 0.15) is 46.6 Å². The van der Waals surface area contributed by atoms with Gasteiger partial charge >= 0.3 is 0 Å². The van der Waals surface area contributed by atoms with Gasteiger partial charge in [0.2, 0.25) is 0 Å². The Balaban J connectivity index is 1.78. The van der Waals surface area contributed by atoms with E-state index in [9.17, 15) is 4.79 Å². The Kier molecular flexibility index (Phi) is 7.28. The number of benzene rings is 2. The molecule has 0 aromatic heterocycles. The van der Waals surface area contributed by atoms with Crippen LogP contribution in [0.15, 0.2) is 48.5 Å². The molecule has 0 bridgehead atoms. The highest BCUT2D eigenvalue weighted by atomic mass is 16.5. The lowest BCUT2D eigenvalue weighted by molar-refractivity contribution is -0.118. The number of rotatable bonds is 8. The minimum Gasteiger partial charge on any atom is -0.494 e. The van der Waals surface area contributed by atoms with E-state index in [0.717, 1.165) is 17.9 Å². The van der Waals surface area contributed by atoms with Crippen molar-refractivity contribution in [3.8, 4) is 11.5 Å². The minimum absolute atomic E-state index is 0.0263. The molecule has 0 unspecified atom stereocenters. The van der Waals surface area contributed by atoms with E-state index in [1.165, 1.54) is 5.56 Å². The maximum Gasteiger partial charge on any atom is 0.262 e. The Morgan fingerprint density at radius 3 is 2.04 bits per heavy atom. The van der Waals surface area contributed by atoms with Crippen LogP contribution in [-0.2, 0) is 10.2 Å². The minimum atomic E-state index is -0.191. The summed E-state index contributed by atoms with van der Waals surface area (Å²) in [5.41, 5.74) is 2.05. The quantitative estimate of drug-likeness (QED) is 0.675. The predicted molar refractivity (Wildman–Crippen MR) is 111 cm³/mol. The van der Waals surface area contributed by atoms with Crippen molar-refractivity contribution < 1.29 is 14.3 Å². The number of hydrogen-bond donors (Lipinski definition) is 1. The molecule has 1 amide bonds. The Hall–Kier alpha value is -2.49. The van der Waals surface area contributed by atoms with Crippen molar-refractivity contribution in [3.63, 3.8) is 0 Å². The summed E-state index contributed by atoms with van der Waals surface area (Å²) in [6, 6.07) is 15.3. The number of hydrogen-bond acceptors (Lipinski definition) is 3. The Morgan fingerprint density at radius 1 is 0.926 bits per heavy atom. The number of amides is 1. The van der Waals surface area contributed by atoms with E-state index < -0.39 is 0 Å². The summed E-state index contributed by atoms with van der Waals surface area (Å²) in [6.45, 7) is 11.5. The second-order valence-corrected chi connectivity index (χ2v) is 8.17. The highest BCUT2D eigenvalue weighted by Crippen LogP contribution is 2.24. The van der Waals surface area contributed by atoms with Crippen LogP contribution in [0.25, 0.3) is 0 Å². The van der Waals surface area contributed by atoms with Crippen LogP contribution in [0.3, 0.4) is 0 Å². The Bertz CT molecular complexity index is 713. The van der Waals surface area contributed by atoms with Crippen LogP contribution in [-0.4, -0.2) is 19.1 Å². The van der Waals surface area contributed by atoms with Gasteiger partial charge in [-0.1, -0.05) is 46.8 Å². The van der Waals surface area contributed by atoms with Gasteiger partial charge in [0.05, 0.1) is 6.61 Å². The molecule has 0 radical (unpaired) electrons. The zero-order valence-corrected chi connectivity index (χ0v) is 17.0. The first kappa shape index (κ1) is 20.8. The largest absolute Gasteiger partial charge is 0.494 e. The van der Waals surface area contributed by atoms with Crippen LogP contribution in [0.4, 0.5) is 5.69 Å². The third kappa shape index (κ3) is 7.33. The molecule has 2 aromatic rings. The molecule has 0 saturated heterocycles. The topological polar surface area (TPSA) is 47.6 Å². The molecular weight excluding hydrogens is 338 g/mol. The van der Waals surface area contributed by atoms with Crippen LogP contribution in [0.5, 0.6) is 11.5 Å². The van der Waals surface area contributed by atoms with Crippen LogP contribution < -0.4 is 14.8 Å². The smallest absolute Gasteiger partial charge is 0.262 e. The molecule has 0 aliphatic carbocycles. The first-order valence-corrected chi connectivity index (χ1v) is 9.50. The average molecular weight is 370 g/mol. The number of anilines is 1. The molecule has 27 heavy (non-hydrogen) atoms. The SMILES string of the molecule is CC(C)CCOc1ccc(NC(=O)COc2ccc(C(C)(C)C)cc2)cc1. The fourth-order valence-electron chi connectivity index (χ4n) is 2.44. The lowest BCUT2D eigenvalue weighted by Crippen LogP contribution is -2.20. The van der Waals surface area contributed by atoms with Gasteiger partial charge in [-0.25, -0.2) is 0 Å². The molecule has 0 spiro atoms. The highest BCUT2D eigenvalue weighted by molar-refractivity contribution is 5.91. The molecule has 2 aromatic carbocycles. The van der Waals surface area contributed by atoms with Gasteiger partial charge in [0.15, 0.2) is 6.61 Å². The maximum atomic E-state index is 12.1. The van der Waals surface area contributed by atoms with Crippen molar-refractivity contribution in [1.82, 2.24) is 0 Å². The maximum absolute atomic E-state index is 12.1. The van der Waals surface area contributed by atoms with Gasteiger partial charge in [-0.15, -0.1) is 0 Å². The molecule has 0 saturated carbocycles. The van der Waals surface area contributed by atoms with Crippen molar-refractivity contribution in [2.24, 2.45) is 5.92 Å². The van der Waals surface area contributed by atoms with Crippen molar-refractivity contribution >= 4 is 11.6 Å². The van der Waals surface area contributed by atoms with E-state index in [0.29, 0.717) is 18.3 Å². The predicted octanol–water partition coefficient (Wildman–Crippen LogP) is 5.43. The van der Waals surface area contributed by atoms with E-state index in [1.807, 2.05) is 48.5 Å². The number of ether oxygens (including phenoxy) is 2. The Labute approximate surface area is 162 Å². The summed E-state index contributed by atoms with van der Waals surface area (Å²) < 4.78 is 11.2. The first-order chi connectivity index (χ1) is 12.7. The van der Waals surface area contributed by atoms with Crippen LogP contribution >= 0.6 is 0 Å². The molecule has 4 heteroatoms. The Morgan fingerprint density at radius 2 is 1.48 bits per heavy atom.